The number of rotatable bonds is 11. The molecule has 7 nitrogen and oxygen atoms in total. The lowest BCUT2D eigenvalue weighted by Crippen LogP contribution is -2.29. The van der Waals surface area contributed by atoms with E-state index in [1.165, 1.54) is 38.2 Å². The van der Waals surface area contributed by atoms with E-state index in [0.29, 0.717) is 23.5 Å². The van der Waals surface area contributed by atoms with Gasteiger partial charge in [0.05, 0.1) is 5.70 Å². The molecule has 7 heteroatoms. The number of carbonyl (C=O) groups is 3. The van der Waals surface area contributed by atoms with Crippen molar-refractivity contribution < 1.29 is 19.5 Å². The van der Waals surface area contributed by atoms with Gasteiger partial charge in [0.15, 0.2) is 0 Å². The monoisotopic (exact) mass is 403 g/mol. The summed E-state index contributed by atoms with van der Waals surface area (Å²) in [6.07, 6.45) is 10.2. The van der Waals surface area contributed by atoms with Crippen LogP contribution in [0.5, 0.6) is 0 Å². The summed E-state index contributed by atoms with van der Waals surface area (Å²) < 4.78 is 0. The van der Waals surface area contributed by atoms with Crippen LogP contribution in [0.1, 0.15) is 58.3 Å². The molecule has 0 saturated carbocycles. The Labute approximate surface area is 173 Å². The molecule has 1 aliphatic carbocycles. The van der Waals surface area contributed by atoms with Gasteiger partial charge in [0.1, 0.15) is 11.4 Å². The molecule has 0 aromatic heterocycles. The fourth-order valence-electron chi connectivity index (χ4n) is 3.51. The first-order valence-electron chi connectivity index (χ1n) is 11.0. The highest BCUT2D eigenvalue weighted by Gasteiger charge is 2.43. The molecule has 0 radical (unpaired) electrons. The predicted molar refractivity (Wildman–Crippen MR) is 110 cm³/mol. The van der Waals surface area contributed by atoms with E-state index in [2.05, 4.69) is 6.92 Å². The maximum Gasteiger partial charge on any atom is 0.303 e. The van der Waals surface area contributed by atoms with E-state index >= 15 is 0 Å². The lowest BCUT2D eigenvalue weighted by Gasteiger charge is -2.21. The van der Waals surface area contributed by atoms with Crippen molar-refractivity contribution in [1.82, 2.24) is 14.7 Å². The van der Waals surface area contributed by atoms with Gasteiger partial charge in [-0.2, -0.15) is 0 Å². The lowest BCUT2D eigenvalue weighted by atomic mass is 10.0. The molecule has 4 rings (SSSR count). The molecular formula is C22H33N3O4. The van der Waals surface area contributed by atoms with E-state index in [4.69, 9.17) is 5.11 Å². The van der Waals surface area contributed by atoms with Crippen LogP contribution in [0.3, 0.4) is 0 Å². The third-order valence-electron chi connectivity index (χ3n) is 5.48. The molecule has 160 valence electrons. The van der Waals surface area contributed by atoms with Crippen LogP contribution >= 0.6 is 0 Å². The van der Waals surface area contributed by atoms with Crippen molar-refractivity contribution >= 4 is 17.5 Å². The predicted octanol–water partition coefficient (Wildman–Crippen LogP) is 2.39. The summed E-state index contributed by atoms with van der Waals surface area (Å²) in [7, 11) is 0. The van der Waals surface area contributed by atoms with Gasteiger partial charge in [-0.15, -0.1) is 0 Å². The van der Waals surface area contributed by atoms with E-state index in [0.717, 1.165) is 52.1 Å². The van der Waals surface area contributed by atoms with Crippen LogP contribution in [-0.2, 0) is 14.4 Å². The Bertz CT molecular complexity index is 701. The van der Waals surface area contributed by atoms with Crippen LogP contribution in [-0.4, -0.2) is 76.6 Å². The maximum absolute atomic E-state index is 12.4. The number of carbonyl (C=O) groups excluding carboxylic acids is 2. The van der Waals surface area contributed by atoms with Crippen molar-refractivity contribution in [3.8, 4) is 0 Å². The van der Waals surface area contributed by atoms with E-state index in [-0.39, 0.29) is 11.6 Å². The third kappa shape index (κ3) is 6.34. The second-order valence-corrected chi connectivity index (χ2v) is 8.15. The molecule has 3 aliphatic heterocycles. The van der Waals surface area contributed by atoms with Crippen LogP contribution < -0.4 is 0 Å². The minimum absolute atomic E-state index is 0.00546. The molecule has 1 N–H and O–H groups in total. The van der Waals surface area contributed by atoms with E-state index in [9.17, 15) is 14.4 Å². The molecule has 3 heterocycles. The molecule has 3 fully saturated rings. The standard InChI is InChI=1S/C12H13N3O2.C10H20O2/c16-9-7-8(13-1-2-13)12(17)11(15-5-6-15)10(9)14-3-4-14;1-2-3-4-5-6-7-8-9-10(11)12/h7H,1-6H2;2-9H2,1H3,(H,11,12). The number of hydrogen-bond acceptors (Lipinski definition) is 6. The zero-order valence-corrected chi connectivity index (χ0v) is 17.5. The molecule has 0 unspecified atom stereocenters. The number of unbranched alkanes of at least 4 members (excludes halogenated alkanes) is 6. The highest BCUT2D eigenvalue weighted by molar-refractivity contribution is 6.22. The Morgan fingerprint density at radius 2 is 1.34 bits per heavy atom. The Kier molecular flexibility index (Phi) is 7.34. The number of aliphatic carboxylic acids is 1. The maximum atomic E-state index is 12.4. The van der Waals surface area contributed by atoms with Crippen molar-refractivity contribution in [3.63, 3.8) is 0 Å². The van der Waals surface area contributed by atoms with Gasteiger partial charge in [-0.1, -0.05) is 45.4 Å². The topological polar surface area (TPSA) is 80.5 Å². The molecule has 0 spiro atoms. The zero-order valence-electron chi connectivity index (χ0n) is 17.5. The summed E-state index contributed by atoms with van der Waals surface area (Å²) in [5.41, 5.74) is 1.89. The fraction of sp³-hybridized carbons (Fsp3) is 0.682. The van der Waals surface area contributed by atoms with Gasteiger partial charge in [-0.3, -0.25) is 14.4 Å². The van der Waals surface area contributed by atoms with Gasteiger partial charge >= 0.3 is 5.97 Å². The minimum Gasteiger partial charge on any atom is -0.481 e. The number of allylic oxidation sites excluding steroid dienone is 1. The summed E-state index contributed by atoms with van der Waals surface area (Å²) in [6.45, 7) is 7.61. The Morgan fingerprint density at radius 1 is 0.828 bits per heavy atom. The smallest absolute Gasteiger partial charge is 0.303 e. The molecule has 0 aromatic rings. The van der Waals surface area contributed by atoms with Crippen molar-refractivity contribution in [2.24, 2.45) is 0 Å². The van der Waals surface area contributed by atoms with E-state index < -0.39 is 5.97 Å². The summed E-state index contributed by atoms with van der Waals surface area (Å²) in [6, 6.07) is 0. The largest absolute Gasteiger partial charge is 0.481 e. The summed E-state index contributed by atoms with van der Waals surface area (Å²) >= 11 is 0. The average Bonchev–Trinajstić information content (AvgIpc) is 3.55. The van der Waals surface area contributed by atoms with Crippen LogP contribution in [0, 0.1) is 0 Å². The fourth-order valence-corrected chi connectivity index (χ4v) is 3.51. The quantitative estimate of drug-likeness (QED) is 0.322. The highest BCUT2D eigenvalue weighted by atomic mass is 16.4. The first kappa shape index (κ1) is 21.4. The van der Waals surface area contributed by atoms with E-state index in [1.54, 1.807) is 0 Å². The van der Waals surface area contributed by atoms with Crippen LogP contribution in [0.4, 0.5) is 0 Å². The summed E-state index contributed by atoms with van der Waals surface area (Å²) in [4.78, 5) is 40.6. The van der Waals surface area contributed by atoms with Crippen LogP contribution in [0.25, 0.3) is 0 Å². The van der Waals surface area contributed by atoms with Gasteiger partial charge in [-0.05, 0) is 6.42 Å². The Morgan fingerprint density at radius 3 is 1.86 bits per heavy atom. The number of nitrogens with zero attached hydrogens (tertiary/aromatic N) is 3. The average molecular weight is 404 g/mol. The molecule has 0 aromatic carbocycles. The number of carboxylic acid groups (broad SMARTS) is 1. The molecule has 0 bridgehead atoms. The first-order valence-corrected chi connectivity index (χ1v) is 11.0. The van der Waals surface area contributed by atoms with Crippen molar-refractivity contribution in [2.75, 3.05) is 39.3 Å². The number of hydrogen-bond donors (Lipinski definition) is 1. The lowest BCUT2D eigenvalue weighted by molar-refractivity contribution is -0.137. The number of Topliss-reactive ketones (excluding diaryl/α,β-unsaturated/α-hetero) is 1. The number of ketones is 2. The Hall–Kier alpha value is -2.31. The number of carboxylic acids is 1. The van der Waals surface area contributed by atoms with Crippen molar-refractivity contribution in [3.05, 3.63) is 23.2 Å². The summed E-state index contributed by atoms with van der Waals surface area (Å²) in [5.74, 6) is -0.615. The zero-order chi connectivity index (χ0) is 20.8. The molecular weight excluding hydrogens is 370 g/mol. The highest BCUT2D eigenvalue weighted by Crippen LogP contribution is 2.33. The van der Waals surface area contributed by atoms with E-state index in [1.807, 2.05) is 14.7 Å². The molecule has 0 atom stereocenters. The van der Waals surface area contributed by atoms with Gasteiger partial charge < -0.3 is 19.8 Å². The SMILES string of the molecule is CCCCCCCCCC(=O)O.O=C1C=C(N2CC2)C(=O)C(N2CC2)=C1N1CC1. The van der Waals surface area contributed by atoms with Gasteiger partial charge in [0.2, 0.25) is 11.6 Å². The van der Waals surface area contributed by atoms with Crippen LogP contribution in [0.15, 0.2) is 23.2 Å². The molecule has 3 saturated heterocycles. The normalized spacial score (nSPS) is 19.8. The second kappa shape index (κ2) is 9.94. The molecule has 29 heavy (non-hydrogen) atoms. The summed E-state index contributed by atoms with van der Waals surface area (Å²) in [5, 5.41) is 8.35. The second-order valence-electron chi connectivity index (χ2n) is 8.15. The third-order valence-corrected chi connectivity index (χ3v) is 5.48. The van der Waals surface area contributed by atoms with Gasteiger partial charge in [0, 0.05) is 51.8 Å². The molecule has 0 amide bonds. The molecule has 4 aliphatic rings. The minimum atomic E-state index is -0.663. The van der Waals surface area contributed by atoms with Gasteiger partial charge in [-0.25, -0.2) is 0 Å². The van der Waals surface area contributed by atoms with Crippen molar-refractivity contribution in [1.29, 1.82) is 0 Å². The van der Waals surface area contributed by atoms with Gasteiger partial charge in [0.25, 0.3) is 0 Å². The Balaban J connectivity index is 0.000000179. The van der Waals surface area contributed by atoms with Crippen LogP contribution in [0.2, 0.25) is 0 Å². The van der Waals surface area contributed by atoms with Crippen molar-refractivity contribution in [2.45, 2.75) is 58.3 Å². The first-order chi connectivity index (χ1) is 14.0.